The van der Waals surface area contributed by atoms with Gasteiger partial charge in [-0.3, -0.25) is 0 Å². The summed E-state index contributed by atoms with van der Waals surface area (Å²) in [6, 6.07) is 0. The minimum atomic E-state index is 0.615. The maximum absolute atomic E-state index is 5.67. The average Bonchev–Trinajstić information content (AvgIpc) is 1.89. The van der Waals surface area contributed by atoms with E-state index in [0.717, 1.165) is 12.5 Å². The second-order valence-electron chi connectivity index (χ2n) is 3.26. The Morgan fingerprint density at radius 3 is 3.00 bits per heavy atom. The van der Waals surface area contributed by atoms with E-state index in [1.54, 1.807) is 0 Å². The van der Waals surface area contributed by atoms with Gasteiger partial charge in [0.1, 0.15) is 0 Å². The molecule has 3 rings (SSSR count). The van der Waals surface area contributed by atoms with Crippen molar-refractivity contribution in [2.75, 3.05) is 18.1 Å². The molecule has 3 aliphatic heterocycles. The predicted octanol–water partition coefficient (Wildman–Crippen LogP) is 1.92. The molecule has 3 saturated heterocycles. The quantitative estimate of drug-likeness (QED) is 0.532. The molecule has 0 amide bonds. The lowest BCUT2D eigenvalue weighted by molar-refractivity contribution is -0.0124. The summed E-state index contributed by atoms with van der Waals surface area (Å²) in [5.74, 6) is 3.54. The van der Waals surface area contributed by atoms with Gasteiger partial charge in [-0.1, -0.05) is 0 Å². The van der Waals surface area contributed by atoms with Gasteiger partial charge in [-0.2, -0.15) is 11.8 Å². The molecule has 3 fully saturated rings. The van der Waals surface area contributed by atoms with Gasteiger partial charge in [0.05, 0.1) is 12.7 Å². The molecule has 58 valence electrons. The van der Waals surface area contributed by atoms with Gasteiger partial charge >= 0.3 is 0 Å². The van der Waals surface area contributed by atoms with E-state index in [9.17, 15) is 0 Å². The Balaban J connectivity index is 1.94. The predicted molar refractivity (Wildman–Crippen MR) is 44.4 cm³/mol. The standard InChI is InChI=1S/C8H14OS/c1-2-8-3-4-10-6-7(1)5-9-8/h7-8H,1-6H2. The summed E-state index contributed by atoms with van der Waals surface area (Å²) < 4.78 is 5.67. The van der Waals surface area contributed by atoms with Crippen LogP contribution in [0.1, 0.15) is 19.3 Å². The zero-order chi connectivity index (χ0) is 6.81. The summed E-state index contributed by atoms with van der Waals surface area (Å²) in [6.07, 6.45) is 4.64. The molecule has 3 heterocycles. The van der Waals surface area contributed by atoms with Crippen LogP contribution in [0.4, 0.5) is 0 Å². The third-order valence-corrected chi connectivity index (χ3v) is 3.63. The van der Waals surface area contributed by atoms with Crippen molar-refractivity contribution in [2.24, 2.45) is 5.92 Å². The lowest BCUT2D eigenvalue weighted by Crippen LogP contribution is -2.29. The molecular weight excluding hydrogens is 144 g/mol. The fourth-order valence-corrected chi connectivity index (χ4v) is 2.88. The third kappa shape index (κ3) is 1.48. The zero-order valence-corrected chi connectivity index (χ0v) is 7.03. The topological polar surface area (TPSA) is 9.23 Å². The van der Waals surface area contributed by atoms with Crippen LogP contribution in [0.3, 0.4) is 0 Å². The van der Waals surface area contributed by atoms with Crippen LogP contribution >= 0.6 is 11.8 Å². The van der Waals surface area contributed by atoms with Crippen molar-refractivity contribution in [2.45, 2.75) is 25.4 Å². The Kier molecular flexibility index (Phi) is 2.19. The van der Waals surface area contributed by atoms with E-state index in [1.165, 1.54) is 30.8 Å². The van der Waals surface area contributed by atoms with Crippen molar-refractivity contribution in [3.05, 3.63) is 0 Å². The molecule has 0 aliphatic carbocycles. The zero-order valence-electron chi connectivity index (χ0n) is 6.21. The molecule has 0 aromatic carbocycles. The largest absolute Gasteiger partial charge is 0.378 e. The first kappa shape index (κ1) is 6.99. The molecule has 0 spiro atoms. The molecule has 0 saturated carbocycles. The van der Waals surface area contributed by atoms with E-state index in [4.69, 9.17) is 4.74 Å². The van der Waals surface area contributed by atoms with Gasteiger partial charge in [0.15, 0.2) is 0 Å². The Morgan fingerprint density at radius 1 is 1.20 bits per heavy atom. The minimum Gasteiger partial charge on any atom is -0.378 e. The maximum atomic E-state index is 5.67. The van der Waals surface area contributed by atoms with Crippen molar-refractivity contribution < 1.29 is 4.74 Å². The van der Waals surface area contributed by atoms with Crippen LogP contribution in [0.2, 0.25) is 0 Å². The minimum absolute atomic E-state index is 0.615. The highest BCUT2D eigenvalue weighted by atomic mass is 32.2. The smallest absolute Gasteiger partial charge is 0.0583 e. The number of hydrogen-bond acceptors (Lipinski definition) is 2. The molecule has 0 N–H and O–H groups in total. The van der Waals surface area contributed by atoms with Gasteiger partial charge in [-0.15, -0.1) is 0 Å². The fourth-order valence-electron chi connectivity index (χ4n) is 1.68. The molecule has 2 heteroatoms. The van der Waals surface area contributed by atoms with Gasteiger partial charge in [-0.25, -0.2) is 0 Å². The maximum Gasteiger partial charge on any atom is 0.0583 e. The summed E-state index contributed by atoms with van der Waals surface area (Å²) in [5, 5.41) is 0. The third-order valence-electron chi connectivity index (χ3n) is 2.40. The molecule has 0 aromatic rings. The van der Waals surface area contributed by atoms with Crippen LogP contribution in [-0.2, 0) is 4.74 Å². The Labute approximate surface area is 66.5 Å². The number of ether oxygens (including phenoxy) is 1. The van der Waals surface area contributed by atoms with E-state index < -0.39 is 0 Å². The number of hydrogen-bond donors (Lipinski definition) is 0. The molecule has 0 radical (unpaired) electrons. The lowest BCUT2D eigenvalue weighted by Gasteiger charge is -2.31. The van der Waals surface area contributed by atoms with Crippen LogP contribution < -0.4 is 0 Å². The molecule has 1 nitrogen and oxygen atoms in total. The van der Waals surface area contributed by atoms with E-state index in [-0.39, 0.29) is 0 Å². The summed E-state index contributed by atoms with van der Waals surface area (Å²) in [6.45, 7) is 1.04. The Bertz CT molecular complexity index is 88.3. The molecule has 2 atom stereocenters. The van der Waals surface area contributed by atoms with Crippen LogP contribution in [0.25, 0.3) is 0 Å². The van der Waals surface area contributed by atoms with Gasteiger partial charge in [-0.05, 0) is 36.7 Å². The number of fused-ring (bicyclic) bond motifs is 5. The fraction of sp³-hybridized carbons (Fsp3) is 1.00. The van der Waals surface area contributed by atoms with Crippen molar-refractivity contribution in [1.29, 1.82) is 0 Å². The summed E-state index contributed by atoms with van der Waals surface area (Å²) in [7, 11) is 0. The highest BCUT2D eigenvalue weighted by molar-refractivity contribution is 7.99. The van der Waals surface area contributed by atoms with Gasteiger partial charge in [0.2, 0.25) is 0 Å². The van der Waals surface area contributed by atoms with Crippen LogP contribution in [-0.4, -0.2) is 24.2 Å². The molecule has 2 unspecified atom stereocenters. The van der Waals surface area contributed by atoms with Gasteiger partial charge in [0, 0.05) is 0 Å². The summed E-state index contributed by atoms with van der Waals surface area (Å²) in [5.41, 5.74) is 0. The first-order valence-electron chi connectivity index (χ1n) is 4.14. The Hall–Kier alpha value is 0.310. The highest BCUT2D eigenvalue weighted by Gasteiger charge is 2.23. The lowest BCUT2D eigenvalue weighted by atomic mass is 9.99. The van der Waals surface area contributed by atoms with Crippen LogP contribution in [0, 0.1) is 5.92 Å². The summed E-state index contributed by atoms with van der Waals surface area (Å²) in [4.78, 5) is 0. The van der Waals surface area contributed by atoms with Gasteiger partial charge < -0.3 is 4.74 Å². The molecule has 10 heavy (non-hydrogen) atoms. The normalized spacial score (nSPS) is 40.8. The number of rotatable bonds is 0. The monoisotopic (exact) mass is 158 g/mol. The van der Waals surface area contributed by atoms with Crippen LogP contribution in [0.5, 0.6) is 0 Å². The number of thioether (sulfide) groups is 1. The van der Waals surface area contributed by atoms with E-state index in [0.29, 0.717) is 6.10 Å². The van der Waals surface area contributed by atoms with Crippen molar-refractivity contribution in [1.82, 2.24) is 0 Å². The first-order chi connectivity index (χ1) is 4.95. The van der Waals surface area contributed by atoms with Crippen molar-refractivity contribution in [3.63, 3.8) is 0 Å². The highest BCUT2D eigenvalue weighted by Crippen LogP contribution is 2.28. The molecular formula is C8H14OS. The van der Waals surface area contributed by atoms with Gasteiger partial charge in [0.25, 0.3) is 0 Å². The molecule has 3 aliphatic rings. The summed E-state index contributed by atoms with van der Waals surface area (Å²) >= 11 is 2.11. The first-order valence-corrected chi connectivity index (χ1v) is 5.30. The SMILES string of the molecule is C1CC2CCC(CO2)CS1. The van der Waals surface area contributed by atoms with Crippen LogP contribution in [0.15, 0.2) is 0 Å². The second kappa shape index (κ2) is 3.14. The molecule has 0 aromatic heterocycles. The average molecular weight is 158 g/mol. The van der Waals surface area contributed by atoms with E-state index in [1.807, 2.05) is 0 Å². The molecule has 2 bridgehead atoms. The van der Waals surface area contributed by atoms with Crippen molar-refractivity contribution >= 4 is 11.8 Å². The second-order valence-corrected chi connectivity index (χ2v) is 4.41. The van der Waals surface area contributed by atoms with E-state index in [2.05, 4.69) is 11.8 Å². The van der Waals surface area contributed by atoms with Crippen molar-refractivity contribution in [3.8, 4) is 0 Å². The Morgan fingerprint density at radius 2 is 2.20 bits per heavy atom. The van der Waals surface area contributed by atoms with E-state index >= 15 is 0 Å².